The molecule has 9 N–H and O–H groups in total. The summed E-state index contributed by atoms with van der Waals surface area (Å²) in [7, 11) is 0. The van der Waals surface area contributed by atoms with E-state index in [0.717, 1.165) is 13.8 Å². The van der Waals surface area contributed by atoms with Gasteiger partial charge < -0.3 is 47.1 Å². The number of nitrogens with two attached hydrogens (primary N) is 1. The number of carboxylic acids is 2. The highest BCUT2D eigenvalue weighted by Crippen LogP contribution is 2.09. The molecule has 1 rings (SSSR count). The summed E-state index contributed by atoms with van der Waals surface area (Å²) < 4.78 is 15.5. The fourth-order valence-corrected chi connectivity index (χ4v) is 3.73. The number of carbonyl (C=O) groups is 8. The van der Waals surface area contributed by atoms with E-state index in [4.69, 9.17) is 20.4 Å². The number of alkyl carbamates (subject to hydrolysis) is 1. The van der Waals surface area contributed by atoms with E-state index in [1.165, 1.54) is 0 Å². The number of hydrogen-bond donors (Lipinski definition) is 8. The summed E-state index contributed by atoms with van der Waals surface area (Å²) in [5.41, 5.74) is 5.91. The van der Waals surface area contributed by atoms with Gasteiger partial charge in [0.25, 0.3) is 6.04 Å². The van der Waals surface area contributed by atoms with Crippen LogP contribution in [0.3, 0.4) is 0 Å². The van der Waals surface area contributed by atoms with Crippen molar-refractivity contribution in [3.8, 4) is 0 Å². The molecule has 0 fully saturated rings. The van der Waals surface area contributed by atoms with Gasteiger partial charge >= 0.3 is 18.0 Å². The van der Waals surface area contributed by atoms with Crippen molar-refractivity contribution in [2.75, 3.05) is 0 Å². The zero-order valence-corrected chi connectivity index (χ0v) is 26.4. The first-order valence-electron chi connectivity index (χ1n) is 14.3. The summed E-state index contributed by atoms with van der Waals surface area (Å²) in [5.74, 6) is -7.17. The molecule has 0 aliphatic rings. The van der Waals surface area contributed by atoms with Gasteiger partial charge in [-0.25, -0.2) is 9.59 Å². The van der Waals surface area contributed by atoms with Crippen LogP contribution in [0.1, 0.15) is 58.9 Å². The van der Waals surface area contributed by atoms with Crippen LogP contribution >= 0.6 is 0 Å². The van der Waals surface area contributed by atoms with Crippen LogP contribution in [-0.2, 0) is 44.9 Å². The lowest BCUT2D eigenvalue weighted by Gasteiger charge is -2.27. The molecular weight excluding hydrogens is 629 g/mol. The molecule has 0 radical (unpaired) electrons. The highest BCUT2D eigenvalue weighted by Gasteiger charge is 2.34. The smallest absolute Gasteiger partial charge is 0.408 e. The Morgan fingerprint density at radius 3 is 1.83 bits per heavy atom. The van der Waals surface area contributed by atoms with Crippen LogP contribution in [0.2, 0.25) is 0 Å². The predicted octanol–water partition coefficient (Wildman–Crippen LogP) is -0.510. The minimum Gasteiger partial charge on any atom is -0.481 e. The van der Waals surface area contributed by atoms with Crippen LogP contribution in [-0.4, -0.2) is 93.3 Å². The molecule has 18 heteroatoms. The van der Waals surface area contributed by atoms with Crippen molar-refractivity contribution in [2.45, 2.75) is 90.3 Å². The number of ether oxygens (including phenoxy) is 1. The summed E-state index contributed by atoms with van der Waals surface area (Å²) >= 11 is 0. The van der Waals surface area contributed by atoms with Gasteiger partial charge in [0.2, 0.25) is 23.6 Å². The maximum absolute atomic E-state index is 13.2. The van der Waals surface area contributed by atoms with E-state index in [-0.39, 0.29) is 31.8 Å². The summed E-state index contributed by atoms with van der Waals surface area (Å²) in [6.07, 6.45) is -4.03. The number of aliphatic carboxylic acids is 2. The summed E-state index contributed by atoms with van der Waals surface area (Å²) in [6.45, 7) is 5.48. The Balaban J connectivity index is 0.00000498. The van der Waals surface area contributed by atoms with E-state index < -0.39 is 84.4 Å². The zero-order valence-electron chi connectivity index (χ0n) is 26.4. The van der Waals surface area contributed by atoms with Gasteiger partial charge in [0.1, 0.15) is 30.8 Å². The van der Waals surface area contributed by atoms with Crippen molar-refractivity contribution in [1.82, 2.24) is 21.3 Å². The van der Waals surface area contributed by atoms with Crippen LogP contribution in [0.25, 0.3) is 0 Å². The number of rotatable bonds is 18. The Morgan fingerprint density at radius 1 is 0.830 bits per heavy atom. The van der Waals surface area contributed by atoms with Crippen molar-refractivity contribution in [3.63, 3.8) is 0 Å². The van der Waals surface area contributed by atoms with Crippen LogP contribution < -0.4 is 27.0 Å². The molecule has 1 aromatic carbocycles. The molecule has 262 valence electrons. The molecule has 0 heterocycles. The molecule has 0 spiro atoms. The second-order valence-corrected chi connectivity index (χ2v) is 10.6. The van der Waals surface area contributed by atoms with Crippen molar-refractivity contribution in [3.05, 3.63) is 35.9 Å². The lowest BCUT2D eigenvalue weighted by molar-refractivity contribution is -0.148. The highest BCUT2D eigenvalue weighted by molar-refractivity contribution is 5.95. The van der Waals surface area contributed by atoms with Crippen LogP contribution in [0, 0.1) is 5.92 Å². The third-order valence-corrected chi connectivity index (χ3v) is 5.90. The number of carbonyl (C=O) groups excluding carboxylic acids is 6. The Morgan fingerprint density at radius 2 is 1.36 bits per heavy atom. The summed E-state index contributed by atoms with van der Waals surface area (Å²) in [5, 5.41) is 37.2. The van der Waals surface area contributed by atoms with Crippen molar-refractivity contribution < 1.29 is 62.8 Å². The molecule has 0 aliphatic heterocycles. The van der Waals surface area contributed by atoms with E-state index in [2.05, 4.69) is 16.0 Å². The Hall–Kier alpha value is -5.13. The lowest BCUT2D eigenvalue weighted by Crippen LogP contribution is -2.60. The molecule has 47 heavy (non-hydrogen) atoms. The normalized spacial score (nSPS) is 13.6. The van der Waals surface area contributed by atoms with E-state index >= 15 is 0 Å². The number of carboxylic acid groups (broad SMARTS) is 2. The molecule has 5 atom stereocenters. The number of aliphatic hydroxyl groups excluding tert-OH is 1. The van der Waals surface area contributed by atoms with Crippen LogP contribution in [0.5, 0.6) is 0 Å². The summed E-state index contributed by atoms with van der Waals surface area (Å²) in [6, 6.07) is 1.16. The van der Waals surface area contributed by atoms with Gasteiger partial charge in [0.15, 0.2) is 0 Å². The van der Waals surface area contributed by atoms with Gasteiger partial charge in [-0.2, -0.15) is 4.39 Å². The van der Waals surface area contributed by atoms with Crippen molar-refractivity contribution >= 4 is 47.7 Å². The van der Waals surface area contributed by atoms with Gasteiger partial charge in [-0.15, -0.1) is 0 Å². The maximum atomic E-state index is 13.2. The first kappa shape index (κ1) is 41.9. The number of nitrogens with one attached hydrogen (secondary N) is 4. The first-order chi connectivity index (χ1) is 21.8. The van der Waals surface area contributed by atoms with E-state index in [1.54, 1.807) is 44.2 Å². The van der Waals surface area contributed by atoms with Crippen LogP contribution in [0.15, 0.2) is 30.3 Å². The first-order valence-corrected chi connectivity index (χ1v) is 14.3. The molecule has 0 unspecified atom stereocenters. The monoisotopic (exact) mass is 671 g/mol. The molecule has 0 aliphatic carbocycles. The zero-order chi connectivity index (χ0) is 36.3. The molecule has 0 aromatic heterocycles. The van der Waals surface area contributed by atoms with E-state index in [9.17, 15) is 48.2 Å². The van der Waals surface area contributed by atoms with Gasteiger partial charge in [0.05, 0.1) is 12.5 Å². The minimum absolute atomic E-state index is 0.0651. The van der Waals surface area contributed by atoms with Crippen molar-refractivity contribution in [1.29, 1.82) is 0 Å². The predicted molar refractivity (Wildman–Crippen MR) is 161 cm³/mol. The van der Waals surface area contributed by atoms with Gasteiger partial charge in [0, 0.05) is 13.3 Å². The topological polar surface area (TPSA) is 281 Å². The molecule has 0 bridgehead atoms. The molecule has 0 saturated carbocycles. The van der Waals surface area contributed by atoms with Gasteiger partial charge in [-0.1, -0.05) is 44.2 Å². The SMILES string of the molecule is CC(=O)F.CC(C)C[C@H](NC(=O)OCc1ccccc1)C(=O)N[C@@H](CCC(N)=O)C(=O)N[C@H](C(=O)N[C@@H](CC(=O)O)C(=O)O)[C@@H](C)O. The number of halogens is 1. The Bertz CT molecular complexity index is 1240. The molecule has 1 aromatic rings. The quantitative estimate of drug-likeness (QED) is 0.0916. The van der Waals surface area contributed by atoms with Gasteiger partial charge in [-0.3, -0.25) is 28.8 Å². The second-order valence-electron chi connectivity index (χ2n) is 10.6. The molecular formula is C29H42FN5O12. The summed E-state index contributed by atoms with van der Waals surface area (Å²) in [4.78, 5) is 93.9. The largest absolute Gasteiger partial charge is 0.481 e. The Labute approximate surface area is 269 Å². The Kier molecular flexibility index (Phi) is 19.2. The number of amides is 5. The standard InChI is InChI=1S/C27H39N5O11.C2H3FO/c1-14(2)11-18(31-27(42)43-13-16-7-5-4-6-8-16)24(38)29-17(9-10-20(28)34)23(37)32-22(15(3)33)25(39)30-19(26(40)41)12-21(35)36;1-2(3)4/h4-8,14-15,17-19,22,33H,9-13H2,1-3H3,(H2,28,34)(H,29,38)(H,30,39)(H,31,42)(H,32,37)(H,35,36)(H,40,41);1H3/t15-,17+,18+,19+,22+;/m1./s1. The van der Waals surface area contributed by atoms with Gasteiger partial charge in [-0.05, 0) is 31.2 Å². The fraction of sp³-hybridized carbons (Fsp3) is 0.517. The van der Waals surface area contributed by atoms with Crippen LogP contribution in [0.4, 0.5) is 9.18 Å². The highest BCUT2D eigenvalue weighted by atomic mass is 19.1. The number of aliphatic hydroxyl groups is 1. The maximum Gasteiger partial charge on any atom is 0.408 e. The number of benzene rings is 1. The van der Waals surface area contributed by atoms with E-state index in [1.807, 2.05) is 5.32 Å². The average Bonchev–Trinajstić information content (AvgIpc) is 2.95. The van der Waals surface area contributed by atoms with Crippen molar-refractivity contribution in [2.24, 2.45) is 11.7 Å². The van der Waals surface area contributed by atoms with E-state index in [0.29, 0.717) is 5.56 Å². The number of hydrogen-bond acceptors (Lipinski definition) is 10. The molecule has 0 saturated heterocycles. The average molecular weight is 672 g/mol. The third-order valence-electron chi connectivity index (χ3n) is 5.90. The second kappa shape index (κ2) is 21.6. The molecule has 17 nitrogen and oxygen atoms in total. The molecule has 5 amide bonds. The fourth-order valence-electron chi connectivity index (χ4n) is 3.73. The third kappa shape index (κ3) is 19.1. The number of primary amides is 1. The lowest BCUT2D eigenvalue weighted by atomic mass is 10.0. The minimum atomic E-state index is -1.86.